The first-order valence-corrected chi connectivity index (χ1v) is 16.6. The van der Waals surface area contributed by atoms with Gasteiger partial charge in [-0.05, 0) is 76.6 Å². The summed E-state index contributed by atoms with van der Waals surface area (Å²) in [5, 5.41) is 17.8. The van der Waals surface area contributed by atoms with Gasteiger partial charge in [-0.1, -0.05) is 49.6 Å². The van der Waals surface area contributed by atoms with Crippen molar-refractivity contribution < 1.29 is 19.5 Å². The summed E-state index contributed by atoms with van der Waals surface area (Å²) in [5.74, 6) is -0.248. The zero-order valence-electron chi connectivity index (χ0n) is 26.8. The van der Waals surface area contributed by atoms with Crippen molar-refractivity contribution in [3.8, 4) is 0 Å². The number of hydrogen-bond donors (Lipinski definition) is 3. The summed E-state index contributed by atoms with van der Waals surface area (Å²) in [6, 6.07) is 14.7. The van der Waals surface area contributed by atoms with Crippen LogP contribution < -0.4 is 20.4 Å². The summed E-state index contributed by atoms with van der Waals surface area (Å²) in [5.41, 5.74) is 3.02. The fourth-order valence-electron chi connectivity index (χ4n) is 6.36. The minimum atomic E-state index is -0.995. The Morgan fingerprint density at radius 2 is 1.68 bits per heavy atom. The van der Waals surface area contributed by atoms with Crippen LogP contribution in [0.1, 0.15) is 88.1 Å². The number of nitrogens with zero attached hydrogens (tertiary/aromatic N) is 3. The molecule has 0 radical (unpaired) electrons. The van der Waals surface area contributed by atoms with Gasteiger partial charge in [-0.2, -0.15) is 0 Å². The number of amides is 4. The number of carbonyl (C=O) groups is 3. The quantitative estimate of drug-likeness (QED) is 0.294. The average molecular weight is 606 g/mol. The number of anilines is 2. The van der Waals surface area contributed by atoms with Gasteiger partial charge in [-0.25, -0.2) is 4.79 Å². The SMILES string of the molecule is CCN(CC(O)C(Cc1ccccc1)NC(=O)c1cc(N(CC)CC)cc(N2CCCCC2=O)c1)C(=O)NC1CCCCC1. The third-order valence-corrected chi connectivity index (χ3v) is 9.02. The van der Waals surface area contributed by atoms with Gasteiger partial charge < -0.3 is 30.4 Å². The molecule has 4 rings (SSSR count). The van der Waals surface area contributed by atoms with Crippen LogP contribution in [0.5, 0.6) is 0 Å². The van der Waals surface area contributed by atoms with Gasteiger partial charge in [0, 0.05) is 55.6 Å². The van der Waals surface area contributed by atoms with Crippen molar-refractivity contribution in [1.29, 1.82) is 0 Å². The number of aliphatic hydroxyl groups is 1. The highest BCUT2D eigenvalue weighted by atomic mass is 16.3. The molecule has 44 heavy (non-hydrogen) atoms. The lowest BCUT2D eigenvalue weighted by molar-refractivity contribution is -0.119. The summed E-state index contributed by atoms with van der Waals surface area (Å²) in [7, 11) is 0. The van der Waals surface area contributed by atoms with Gasteiger partial charge >= 0.3 is 6.03 Å². The van der Waals surface area contributed by atoms with Gasteiger partial charge in [-0.3, -0.25) is 9.59 Å². The van der Waals surface area contributed by atoms with Crippen molar-refractivity contribution in [3.63, 3.8) is 0 Å². The van der Waals surface area contributed by atoms with E-state index >= 15 is 0 Å². The summed E-state index contributed by atoms with van der Waals surface area (Å²) >= 11 is 0. The molecule has 1 heterocycles. The first kappa shape index (κ1) is 33.3. The summed E-state index contributed by atoms with van der Waals surface area (Å²) in [6.45, 7) is 8.74. The van der Waals surface area contributed by atoms with E-state index in [4.69, 9.17) is 0 Å². The number of rotatable bonds is 13. The lowest BCUT2D eigenvalue weighted by atomic mass is 9.96. The first-order chi connectivity index (χ1) is 21.3. The summed E-state index contributed by atoms with van der Waals surface area (Å²) in [6.07, 6.45) is 7.13. The predicted octanol–water partition coefficient (Wildman–Crippen LogP) is 5.12. The maximum absolute atomic E-state index is 13.9. The smallest absolute Gasteiger partial charge is 0.317 e. The van der Waals surface area contributed by atoms with Crippen molar-refractivity contribution in [3.05, 3.63) is 59.7 Å². The fourth-order valence-corrected chi connectivity index (χ4v) is 6.36. The molecule has 2 aromatic rings. The molecule has 2 atom stereocenters. The van der Waals surface area contributed by atoms with Crippen molar-refractivity contribution in [2.45, 2.75) is 96.7 Å². The molecule has 2 aromatic carbocycles. The Kier molecular flexibility index (Phi) is 12.5. The minimum Gasteiger partial charge on any atom is -0.389 e. The van der Waals surface area contributed by atoms with Gasteiger partial charge in [-0.15, -0.1) is 0 Å². The molecule has 3 N–H and O–H groups in total. The molecule has 9 nitrogen and oxygen atoms in total. The van der Waals surface area contributed by atoms with E-state index in [1.807, 2.05) is 49.4 Å². The van der Waals surface area contributed by atoms with Crippen LogP contribution in [0.4, 0.5) is 16.2 Å². The van der Waals surface area contributed by atoms with E-state index < -0.39 is 12.1 Å². The van der Waals surface area contributed by atoms with Gasteiger partial charge in [0.1, 0.15) is 0 Å². The van der Waals surface area contributed by atoms with Crippen molar-refractivity contribution in [1.82, 2.24) is 15.5 Å². The van der Waals surface area contributed by atoms with Crippen LogP contribution in [0.25, 0.3) is 0 Å². The number of aliphatic hydroxyl groups excluding tert-OH is 1. The molecule has 1 saturated heterocycles. The molecule has 0 aromatic heterocycles. The molecule has 1 aliphatic heterocycles. The molecule has 2 aliphatic rings. The molecular weight excluding hydrogens is 554 g/mol. The zero-order valence-corrected chi connectivity index (χ0v) is 26.8. The van der Waals surface area contributed by atoms with Crippen LogP contribution in [-0.4, -0.2) is 78.8 Å². The van der Waals surface area contributed by atoms with Crippen LogP contribution in [-0.2, 0) is 11.2 Å². The number of piperidine rings is 1. The average Bonchev–Trinajstić information content (AvgIpc) is 3.04. The normalized spacial score (nSPS) is 17.1. The van der Waals surface area contributed by atoms with Gasteiger partial charge in [0.25, 0.3) is 5.91 Å². The van der Waals surface area contributed by atoms with Gasteiger partial charge in [0.15, 0.2) is 0 Å². The van der Waals surface area contributed by atoms with Crippen LogP contribution >= 0.6 is 0 Å². The van der Waals surface area contributed by atoms with Crippen LogP contribution in [0, 0.1) is 0 Å². The lowest BCUT2D eigenvalue weighted by Gasteiger charge is -2.32. The highest BCUT2D eigenvalue weighted by Gasteiger charge is 2.28. The fraction of sp³-hybridized carbons (Fsp3) is 0.571. The Labute approximate surface area is 263 Å². The van der Waals surface area contributed by atoms with Crippen molar-refractivity contribution in [2.75, 3.05) is 42.5 Å². The third kappa shape index (κ3) is 8.97. The highest BCUT2D eigenvalue weighted by Crippen LogP contribution is 2.28. The van der Waals surface area contributed by atoms with Crippen molar-refractivity contribution in [2.24, 2.45) is 0 Å². The van der Waals surface area contributed by atoms with E-state index in [1.165, 1.54) is 6.42 Å². The molecule has 9 heteroatoms. The minimum absolute atomic E-state index is 0.0721. The second-order valence-corrected chi connectivity index (χ2v) is 12.1. The second kappa shape index (κ2) is 16.5. The summed E-state index contributed by atoms with van der Waals surface area (Å²) < 4.78 is 0. The molecular formula is C35H51N5O4. The molecule has 0 bridgehead atoms. The zero-order chi connectivity index (χ0) is 31.5. The molecule has 1 aliphatic carbocycles. The molecule has 4 amide bonds. The van der Waals surface area contributed by atoms with E-state index in [2.05, 4.69) is 29.4 Å². The number of nitrogens with one attached hydrogen (secondary N) is 2. The Morgan fingerprint density at radius 1 is 0.955 bits per heavy atom. The molecule has 1 saturated carbocycles. The second-order valence-electron chi connectivity index (χ2n) is 12.1. The Balaban J connectivity index is 1.57. The van der Waals surface area contributed by atoms with Crippen LogP contribution in [0.2, 0.25) is 0 Å². The number of benzene rings is 2. The Morgan fingerprint density at radius 3 is 2.34 bits per heavy atom. The van der Waals surface area contributed by atoms with Gasteiger partial charge in [0.2, 0.25) is 5.91 Å². The van der Waals surface area contributed by atoms with E-state index in [1.54, 1.807) is 15.9 Å². The maximum atomic E-state index is 13.9. The summed E-state index contributed by atoms with van der Waals surface area (Å²) in [4.78, 5) is 45.5. The largest absolute Gasteiger partial charge is 0.389 e. The van der Waals surface area contributed by atoms with Crippen LogP contribution in [0.15, 0.2) is 48.5 Å². The number of urea groups is 1. The lowest BCUT2D eigenvalue weighted by Crippen LogP contribution is -2.53. The highest BCUT2D eigenvalue weighted by molar-refractivity contribution is 6.00. The van der Waals surface area contributed by atoms with Crippen LogP contribution in [0.3, 0.4) is 0 Å². The monoisotopic (exact) mass is 605 g/mol. The third-order valence-electron chi connectivity index (χ3n) is 9.02. The first-order valence-electron chi connectivity index (χ1n) is 16.6. The maximum Gasteiger partial charge on any atom is 0.317 e. The van der Waals surface area contributed by atoms with E-state index in [0.29, 0.717) is 31.5 Å². The number of likely N-dealkylation sites (N-methyl/N-ethyl adjacent to an activating group) is 1. The number of hydrogen-bond acceptors (Lipinski definition) is 5. The van der Waals surface area contributed by atoms with E-state index in [9.17, 15) is 19.5 Å². The Bertz CT molecular complexity index is 1230. The van der Waals surface area contributed by atoms with Gasteiger partial charge in [0.05, 0.1) is 18.7 Å². The van der Waals surface area contributed by atoms with E-state index in [0.717, 1.165) is 68.6 Å². The molecule has 2 unspecified atom stereocenters. The molecule has 0 spiro atoms. The molecule has 2 fully saturated rings. The number of carbonyl (C=O) groups excluding carboxylic acids is 3. The van der Waals surface area contributed by atoms with Crippen molar-refractivity contribution >= 4 is 29.2 Å². The standard InChI is InChI=1S/C35H51N5O4/c1-4-38(5-2)29-22-27(23-30(24-29)40-20-14-13-19-33(40)42)34(43)37-31(21-26-15-9-7-10-16-26)32(41)25-39(6-3)35(44)36-28-17-11-8-12-18-28/h7,9-10,15-16,22-24,28,31-32,41H,4-6,8,11-14,17-21,25H2,1-3H3,(H,36,44)(H,37,43). The molecule has 240 valence electrons. The predicted molar refractivity (Wildman–Crippen MR) is 176 cm³/mol. The van der Waals surface area contributed by atoms with E-state index in [-0.39, 0.29) is 30.4 Å². The Hall–Kier alpha value is -3.59. The topological polar surface area (TPSA) is 105 Å².